The summed E-state index contributed by atoms with van der Waals surface area (Å²) in [7, 11) is 0. The standard InChI is InChI=1S/C20H28N2O2/c1-3-9-20(15-23)10-4-11-22(14-20)13-18-12-19(21-24-18)17-7-5-16(2)6-8-17/h5-8,12,23H,3-4,9-11,13-15H2,1-2H3/t20-/m0/s1. The number of aryl methyl sites for hydroxylation is 1. The lowest BCUT2D eigenvalue weighted by molar-refractivity contribution is 0.0184. The van der Waals surface area contributed by atoms with Crippen LogP contribution in [-0.2, 0) is 6.54 Å². The van der Waals surface area contributed by atoms with Gasteiger partial charge in [-0.1, -0.05) is 48.3 Å². The molecular formula is C20H28N2O2. The summed E-state index contributed by atoms with van der Waals surface area (Å²) in [5.41, 5.74) is 3.29. The zero-order valence-electron chi connectivity index (χ0n) is 14.8. The molecule has 0 saturated carbocycles. The topological polar surface area (TPSA) is 49.5 Å². The molecule has 1 fully saturated rings. The molecule has 0 radical (unpaired) electrons. The molecule has 2 heterocycles. The Hall–Kier alpha value is -1.65. The zero-order valence-corrected chi connectivity index (χ0v) is 14.8. The minimum atomic E-state index is 0.0623. The summed E-state index contributed by atoms with van der Waals surface area (Å²) >= 11 is 0. The summed E-state index contributed by atoms with van der Waals surface area (Å²) < 4.78 is 5.56. The van der Waals surface area contributed by atoms with E-state index >= 15 is 0 Å². The van der Waals surface area contributed by atoms with E-state index in [0.717, 1.165) is 62.3 Å². The number of benzene rings is 1. The third-order valence-electron chi connectivity index (χ3n) is 5.14. The largest absolute Gasteiger partial charge is 0.396 e. The van der Waals surface area contributed by atoms with Crippen LogP contribution in [0, 0.1) is 12.3 Å². The maximum absolute atomic E-state index is 9.87. The van der Waals surface area contributed by atoms with Crippen molar-refractivity contribution in [3.8, 4) is 11.3 Å². The molecule has 0 unspecified atom stereocenters. The molecule has 0 amide bonds. The zero-order chi connectivity index (χ0) is 17.0. The highest BCUT2D eigenvalue weighted by molar-refractivity contribution is 5.59. The normalized spacial score (nSPS) is 22.0. The Morgan fingerprint density at radius 2 is 2.08 bits per heavy atom. The summed E-state index contributed by atoms with van der Waals surface area (Å²) in [5, 5.41) is 14.1. The molecule has 0 aliphatic carbocycles. The summed E-state index contributed by atoms with van der Waals surface area (Å²) in [6.45, 7) is 7.33. The van der Waals surface area contributed by atoms with Crippen LogP contribution >= 0.6 is 0 Å². The quantitative estimate of drug-likeness (QED) is 0.870. The lowest BCUT2D eigenvalue weighted by atomic mass is 9.77. The van der Waals surface area contributed by atoms with Gasteiger partial charge in [-0.25, -0.2) is 0 Å². The molecule has 24 heavy (non-hydrogen) atoms. The Labute approximate surface area is 144 Å². The van der Waals surface area contributed by atoms with Crippen LogP contribution in [0.4, 0.5) is 0 Å². The SMILES string of the molecule is CCC[C@]1(CO)CCCN(Cc2cc(-c3ccc(C)cc3)no2)C1. The maximum atomic E-state index is 9.87. The van der Waals surface area contributed by atoms with E-state index in [9.17, 15) is 5.11 Å². The maximum Gasteiger partial charge on any atom is 0.151 e. The van der Waals surface area contributed by atoms with Crippen LogP contribution in [0.25, 0.3) is 11.3 Å². The fourth-order valence-electron chi connectivity index (χ4n) is 3.86. The van der Waals surface area contributed by atoms with E-state index in [1.54, 1.807) is 0 Å². The number of hydrogen-bond acceptors (Lipinski definition) is 4. The molecule has 0 spiro atoms. The number of likely N-dealkylation sites (tertiary alicyclic amines) is 1. The Balaban J connectivity index is 1.67. The van der Waals surface area contributed by atoms with Crippen LogP contribution in [0.5, 0.6) is 0 Å². The number of aliphatic hydroxyl groups is 1. The predicted octanol–water partition coefficient (Wildman–Crippen LogP) is 4.02. The molecule has 1 N–H and O–H groups in total. The molecule has 1 aromatic carbocycles. The third-order valence-corrected chi connectivity index (χ3v) is 5.14. The second kappa shape index (κ2) is 7.49. The van der Waals surface area contributed by atoms with E-state index in [0.29, 0.717) is 0 Å². The summed E-state index contributed by atoms with van der Waals surface area (Å²) in [6, 6.07) is 10.4. The molecule has 1 aliphatic rings. The molecule has 2 aromatic rings. The van der Waals surface area contributed by atoms with Gasteiger partial charge in [-0.3, -0.25) is 4.90 Å². The summed E-state index contributed by atoms with van der Waals surface area (Å²) in [4.78, 5) is 2.40. The Morgan fingerprint density at radius 3 is 2.79 bits per heavy atom. The predicted molar refractivity (Wildman–Crippen MR) is 95.6 cm³/mol. The molecule has 1 atom stereocenters. The first-order valence-electron chi connectivity index (χ1n) is 9.00. The van der Waals surface area contributed by atoms with Gasteiger partial charge >= 0.3 is 0 Å². The number of piperidine rings is 1. The van der Waals surface area contributed by atoms with Gasteiger partial charge in [-0.2, -0.15) is 0 Å². The fourth-order valence-corrected chi connectivity index (χ4v) is 3.86. The van der Waals surface area contributed by atoms with Crippen molar-refractivity contribution in [1.29, 1.82) is 0 Å². The van der Waals surface area contributed by atoms with Crippen molar-refractivity contribution < 1.29 is 9.63 Å². The highest BCUT2D eigenvalue weighted by atomic mass is 16.5. The molecule has 1 aromatic heterocycles. The average Bonchev–Trinajstić information content (AvgIpc) is 3.04. The number of nitrogens with zero attached hydrogens (tertiary/aromatic N) is 2. The minimum Gasteiger partial charge on any atom is -0.396 e. The van der Waals surface area contributed by atoms with E-state index in [-0.39, 0.29) is 12.0 Å². The molecule has 3 rings (SSSR count). The second-order valence-electron chi connectivity index (χ2n) is 7.27. The molecule has 1 aliphatic heterocycles. The van der Waals surface area contributed by atoms with Gasteiger partial charge in [-0.15, -0.1) is 0 Å². The van der Waals surface area contributed by atoms with Crippen LogP contribution in [0.3, 0.4) is 0 Å². The van der Waals surface area contributed by atoms with E-state index < -0.39 is 0 Å². The summed E-state index contributed by atoms with van der Waals surface area (Å²) in [6.07, 6.45) is 4.47. The third kappa shape index (κ3) is 3.87. The Morgan fingerprint density at radius 1 is 1.29 bits per heavy atom. The summed E-state index contributed by atoms with van der Waals surface area (Å²) in [5.74, 6) is 0.899. The molecular weight excluding hydrogens is 300 g/mol. The van der Waals surface area contributed by atoms with Crippen LogP contribution < -0.4 is 0 Å². The lowest BCUT2D eigenvalue weighted by Crippen LogP contribution is -2.44. The Kier molecular flexibility index (Phi) is 5.36. The highest BCUT2D eigenvalue weighted by Gasteiger charge is 2.34. The second-order valence-corrected chi connectivity index (χ2v) is 7.27. The number of rotatable bonds is 6. The monoisotopic (exact) mass is 328 g/mol. The first-order chi connectivity index (χ1) is 11.6. The number of aromatic nitrogens is 1. The van der Waals surface area contributed by atoms with Gasteiger partial charge in [0, 0.05) is 30.2 Å². The number of hydrogen-bond donors (Lipinski definition) is 1. The fraction of sp³-hybridized carbons (Fsp3) is 0.550. The molecule has 130 valence electrons. The van der Waals surface area contributed by atoms with Crippen molar-refractivity contribution in [3.05, 3.63) is 41.7 Å². The minimum absolute atomic E-state index is 0.0623. The van der Waals surface area contributed by atoms with Crippen molar-refractivity contribution in [2.45, 2.75) is 46.1 Å². The van der Waals surface area contributed by atoms with Crippen LogP contribution in [-0.4, -0.2) is 34.9 Å². The van der Waals surface area contributed by atoms with E-state index in [2.05, 4.69) is 48.2 Å². The van der Waals surface area contributed by atoms with Crippen molar-refractivity contribution in [3.63, 3.8) is 0 Å². The van der Waals surface area contributed by atoms with Crippen molar-refractivity contribution in [2.75, 3.05) is 19.7 Å². The van der Waals surface area contributed by atoms with E-state index in [4.69, 9.17) is 4.52 Å². The van der Waals surface area contributed by atoms with Gasteiger partial charge in [-0.05, 0) is 32.7 Å². The number of aliphatic hydroxyl groups excluding tert-OH is 1. The van der Waals surface area contributed by atoms with Crippen molar-refractivity contribution in [2.24, 2.45) is 5.41 Å². The van der Waals surface area contributed by atoms with Crippen LogP contribution in [0.1, 0.15) is 43.9 Å². The smallest absolute Gasteiger partial charge is 0.151 e. The van der Waals surface area contributed by atoms with Crippen molar-refractivity contribution >= 4 is 0 Å². The first-order valence-corrected chi connectivity index (χ1v) is 9.00. The van der Waals surface area contributed by atoms with Crippen LogP contribution in [0.2, 0.25) is 0 Å². The average molecular weight is 328 g/mol. The molecule has 4 heteroatoms. The van der Waals surface area contributed by atoms with Crippen molar-refractivity contribution in [1.82, 2.24) is 10.1 Å². The van der Waals surface area contributed by atoms with E-state index in [1.807, 2.05) is 6.07 Å². The highest BCUT2D eigenvalue weighted by Crippen LogP contribution is 2.35. The van der Waals surface area contributed by atoms with Gasteiger partial charge < -0.3 is 9.63 Å². The lowest BCUT2D eigenvalue weighted by Gasteiger charge is -2.41. The van der Waals surface area contributed by atoms with Crippen LogP contribution in [0.15, 0.2) is 34.9 Å². The van der Waals surface area contributed by atoms with Gasteiger partial charge in [0.05, 0.1) is 6.54 Å². The molecule has 1 saturated heterocycles. The first kappa shape index (κ1) is 17.2. The molecule has 0 bridgehead atoms. The van der Waals surface area contributed by atoms with E-state index in [1.165, 1.54) is 5.56 Å². The Bertz CT molecular complexity index is 646. The van der Waals surface area contributed by atoms with Gasteiger partial charge in [0.1, 0.15) is 5.69 Å². The van der Waals surface area contributed by atoms with Gasteiger partial charge in [0.2, 0.25) is 0 Å². The van der Waals surface area contributed by atoms with Gasteiger partial charge in [0.25, 0.3) is 0 Å². The molecule has 4 nitrogen and oxygen atoms in total. The van der Waals surface area contributed by atoms with Gasteiger partial charge in [0.15, 0.2) is 5.76 Å².